The summed E-state index contributed by atoms with van der Waals surface area (Å²) < 4.78 is 27.0. The lowest BCUT2D eigenvalue weighted by molar-refractivity contribution is 0.393. The summed E-state index contributed by atoms with van der Waals surface area (Å²) in [4.78, 5) is 0.340. The average Bonchev–Trinajstić information content (AvgIpc) is 3.05. The van der Waals surface area contributed by atoms with E-state index >= 15 is 0 Å². The lowest BCUT2D eigenvalue weighted by Crippen LogP contribution is -2.39. The van der Waals surface area contributed by atoms with Crippen LogP contribution in [0, 0.1) is 0 Å². The number of benzene rings is 2. The Morgan fingerprint density at radius 3 is 2.22 bits per heavy atom. The van der Waals surface area contributed by atoms with Gasteiger partial charge in [-0.3, -0.25) is 0 Å². The maximum atomic E-state index is 12.7. The molecule has 2 aromatic carbocycles. The number of hydrogen-bond donors (Lipinski definition) is 1. The summed E-state index contributed by atoms with van der Waals surface area (Å²) in [5.41, 5.74) is 7.78. The van der Waals surface area contributed by atoms with Crippen LogP contribution >= 0.6 is 12.4 Å². The number of nitrogens with two attached hydrogens (primary N) is 1. The molecule has 1 atom stereocenters. The molecular formula is C17H21ClN2O2S. The predicted molar refractivity (Wildman–Crippen MR) is 95.1 cm³/mol. The summed E-state index contributed by atoms with van der Waals surface area (Å²) in [6.45, 7) is 0.936. The van der Waals surface area contributed by atoms with E-state index in [0.29, 0.717) is 18.0 Å². The van der Waals surface area contributed by atoms with Crippen LogP contribution in [0.1, 0.15) is 12.8 Å². The van der Waals surface area contributed by atoms with Crippen molar-refractivity contribution in [1.82, 2.24) is 4.31 Å². The highest BCUT2D eigenvalue weighted by molar-refractivity contribution is 7.89. The standard InChI is InChI=1S/C17H20N2O2S.ClH/c18-13-16-7-4-12-19(16)22(20,21)17-10-8-15(9-11-17)14-5-2-1-3-6-14;/h1-3,5-6,8-11,16H,4,7,12-13,18H2;1H. The molecule has 1 fully saturated rings. The summed E-state index contributed by atoms with van der Waals surface area (Å²) in [6.07, 6.45) is 1.72. The lowest BCUT2D eigenvalue weighted by atomic mass is 10.1. The van der Waals surface area contributed by atoms with Crippen molar-refractivity contribution in [2.45, 2.75) is 23.8 Å². The van der Waals surface area contributed by atoms with Crippen molar-refractivity contribution in [2.75, 3.05) is 13.1 Å². The first-order valence-corrected chi connectivity index (χ1v) is 8.94. The minimum absolute atomic E-state index is 0. The summed E-state index contributed by atoms with van der Waals surface area (Å²) in [7, 11) is -3.45. The molecule has 3 rings (SSSR count). The molecule has 124 valence electrons. The highest BCUT2D eigenvalue weighted by Crippen LogP contribution is 2.27. The van der Waals surface area contributed by atoms with E-state index in [2.05, 4.69) is 0 Å². The zero-order chi connectivity index (χ0) is 15.6. The molecule has 0 spiro atoms. The van der Waals surface area contributed by atoms with Crippen LogP contribution in [0.2, 0.25) is 0 Å². The van der Waals surface area contributed by atoms with Crippen LogP contribution in [0.4, 0.5) is 0 Å². The monoisotopic (exact) mass is 352 g/mol. The van der Waals surface area contributed by atoms with E-state index in [9.17, 15) is 8.42 Å². The van der Waals surface area contributed by atoms with Crippen molar-refractivity contribution in [2.24, 2.45) is 5.73 Å². The van der Waals surface area contributed by atoms with Crippen LogP contribution in [0.25, 0.3) is 11.1 Å². The number of halogens is 1. The van der Waals surface area contributed by atoms with E-state index in [1.807, 2.05) is 42.5 Å². The second-order valence-corrected chi connectivity index (χ2v) is 7.43. The van der Waals surface area contributed by atoms with Gasteiger partial charge in [0.1, 0.15) is 0 Å². The first-order chi connectivity index (χ1) is 10.6. The Hall–Kier alpha value is -1.40. The first-order valence-electron chi connectivity index (χ1n) is 7.50. The maximum absolute atomic E-state index is 12.7. The average molecular weight is 353 g/mol. The normalized spacial score (nSPS) is 18.6. The lowest BCUT2D eigenvalue weighted by Gasteiger charge is -2.22. The molecule has 0 radical (unpaired) electrons. The van der Waals surface area contributed by atoms with Gasteiger partial charge in [0.05, 0.1) is 4.90 Å². The van der Waals surface area contributed by atoms with Crippen LogP contribution in [0.5, 0.6) is 0 Å². The second kappa shape index (κ2) is 7.45. The summed E-state index contributed by atoms with van der Waals surface area (Å²) in [5, 5.41) is 0. The van der Waals surface area contributed by atoms with Gasteiger partial charge in [0.25, 0.3) is 0 Å². The third-order valence-electron chi connectivity index (χ3n) is 4.16. The maximum Gasteiger partial charge on any atom is 0.243 e. The SMILES string of the molecule is Cl.NCC1CCCN1S(=O)(=O)c1ccc(-c2ccccc2)cc1. The molecule has 1 aliphatic rings. The fourth-order valence-electron chi connectivity index (χ4n) is 2.95. The second-order valence-electron chi connectivity index (χ2n) is 5.54. The van der Waals surface area contributed by atoms with E-state index in [1.165, 1.54) is 0 Å². The van der Waals surface area contributed by atoms with Crippen molar-refractivity contribution in [3.63, 3.8) is 0 Å². The van der Waals surface area contributed by atoms with Crippen LogP contribution in [-0.4, -0.2) is 31.9 Å². The van der Waals surface area contributed by atoms with E-state index in [0.717, 1.165) is 24.0 Å². The molecule has 1 unspecified atom stereocenters. The number of nitrogens with zero attached hydrogens (tertiary/aromatic N) is 1. The molecule has 6 heteroatoms. The molecule has 0 aromatic heterocycles. The van der Waals surface area contributed by atoms with E-state index in [1.54, 1.807) is 16.4 Å². The largest absolute Gasteiger partial charge is 0.329 e. The summed E-state index contributed by atoms with van der Waals surface area (Å²) in [6, 6.07) is 16.9. The molecule has 2 N–H and O–H groups in total. The zero-order valence-corrected chi connectivity index (χ0v) is 14.4. The Kier molecular flexibility index (Phi) is 5.81. The molecule has 4 nitrogen and oxygen atoms in total. The van der Waals surface area contributed by atoms with Crippen molar-refractivity contribution >= 4 is 22.4 Å². The highest BCUT2D eigenvalue weighted by Gasteiger charge is 2.34. The van der Waals surface area contributed by atoms with Crippen LogP contribution in [-0.2, 0) is 10.0 Å². The molecule has 0 aliphatic carbocycles. The Morgan fingerprint density at radius 2 is 1.61 bits per heavy atom. The van der Waals surface area contributed by atoms with Crippen molar-refractivity contribution < 1.29 is 8.42 Å². The Labute approximate surface area is 143 Å². The predicted octanol–water partition coefficient (Wildman–Crippen LogP) is 2.89. The van der Waals surface area contributed by atoms with Gasteiger partial charge < -0.3 is 5.73 Å². The molecule has 1 saturated heterocycles. The van der Waals surface area contributed by atoms with Crippen molar-refractivity contribution in [3.8, 4) is 11.1 Å². The fraction of sp³-hybridized carbons (Fsp3) is 0.294. The zero-order valence-electron chi connectivity index (χ0n) is 12.8. The smallest absolute Gasteiger partial charge is 0.243 e. The van der Waals surface area contributed by atoms with Crippen LogP contribution in [0.3, 0.4) is 0 Å². The van der Waals surface area contributed by atoms with Gasteiger partial charge >= 0.3 is 0 Å². The van der Waals surface area contributed by atoms with Gasteiger partial charge in [0.2, 0.25) is 10.0 Å². The Morgan fingerprint density at radius 1 is 1.00 bits per heavy atom. The van der Waals surface area contributed by atoms with Crippen molar-refractivity contribution in [1.29, 1.82) is 0 Å². The summed E-state index contributed by atoms with van der Waals surface area (Å²) in [5.74, 6) is 0. The van der Waals surface area contributed by atoms with Gasteiger partial charge in [-0.1, -0.05) is 42.5 Å². The van der Waals surface area contributed by atoms with E-state index < -0.39 is 10.0 Å². The van der Waals surface area contributed by atoms with Gasteiger partial charge in [-0.25, -0.2) is 8.42 Å². The Bertz CT molecular complexity index is 733. The van der Waals surface area contributed by atoms with Gasteiger partial charge in [-0.15, -0.1) is 12.4 Å². The number of sulfonamides is 1. The number of rotatable bonds is 4. The van der Waals surface area contributed by atoms with E-state index in [-0.39, 0.29) is 18.4 Å². The van der Waals surface area contributed by atoms with Gasteiger partial charge in [-0.05, 0) is 36.1 Å². The van der Waals surface area contributed by atoms with Gasteiger partial charge in [0, 0.05) is 19.1 Å². The first kappa shape index (κ1) is 17.9. The molecular weight excluding hydrogens is 332 g/mol. The molecule has 0 bridgehead atoms. The fourth-order valence-corrected chi connectivity index (χ4v) is 4.65. The molecule has 1 heterocycles. The molecule has 23 heavy (non-hydrogen) atoms. The molecule has 0 saturated carbocycles. The quantitative estimate of drug-likeness (QED) is 0.920. The molecule has 1 aliphatic heterocycles. The minimum Gasteiger partial charge on any atom is -0.329 e. The topological polar surface area (TPSA) is 63.4 Å². The highest BCUT2D eigenvalue weighted by atomic mass is 35.5. The van der Waals surface area contributed by atoms with Gasteiger partial charge in [0.15, 0.2) is 0 Å². The summed E-state index contributed by atoms with van der Waals surface area (Å²) >= 11 is 0. The molecule has 0 amide bonds. The third kappa shape index (κ3) is 3.58. The van der Waals surface area contributed by atoms with Crippen LogP contribution < -0.4 is 5.73 Å². The van der Waals surface area contributed by atoms with Gasteiger partial charge in [-0.2, -0.15) is 4.31 Å². The minimum atomic E-state index is -3.45. The number of hydrogen-bond acceptors (Lipinski definition) is 3. The third-order valence-corrected chi connectivity index (χ3v) is 6.13. The Balaban J connectivity index is 0.00000192. The van der Waals surface area contributed by atoms with Crippen molar-refractivity contribution in [3.05, 3.63) is 54.6 Å². The van der Waals surface area contributed by atoms with E-state index in [4.69, 9.17) is 5.73 Å². The molecule has 2 aromatic rings. The van der Waals surface area contributed by atoms with Crippen LogP contribution in [0.15, 0.2) is 59.5 Å².